The van der Waals surface area contributed by atoms with Crippen molar-refractivity contribution in [3.8, 4) is 0 Å². The zero-order valence-corrected chi connectivity index (χ0v) is 15.7. The van der Waals surface area contributed by atoms with Crippen LogP contribution in [0.4, 0.5) is 11.6 Å². The lowest BCUT2D eigenvalue weighted by Crippen LogP contribution is -2.49. The van der Waals surface area contributed by atoms with Gasteiger partial charge in [0.25, 0.3) is 5.91 Å². The molecule has 8 heteroatoms. The fraction of sp³-hybridized carbons (Fsp3) is 0.526. The highest BCUT2D eigenvalue weighted by atomic mass is 16.2. The van der Waals surface area contributed by atoms with Crippen LogP contribution in [0.2, 0.25) is 0 Å². The van der Waals surface area contributed by atoms with Crippen molar-refractivity contribution in [1.82, 2.24) is 25.1 Å². The fourth-order valence-electron chi connectivity index (χ4n) is 3.60. The highest BCUT2D eigenvalue weighted by molar-refractivity contribution is 5.92. The van der Waals surface area contributed by atoms with Crippen LogP contribution >= 0.6 is 0 Å². The summed E-state index contributed by atoms with van der Waals surface area (Å²) in [6.45, 7) is 7.17. The summed E-state index contributed by atoms with van der Waals surface area (Å²) in [7, 11) is 0. The Morgan fingerprint density at radius 3 is 2.11 bits per heavy atom. The number of rotatable bonds is 3. The number of nitrogens with zero attached hydrogens (tertiary/aromatic N) is 7. The summed E-state index contributed by atoms with van der Waals surface area (Å²) < 4.78 is 0. The molecular weight excluding hydrogens is 342 g/mol. The minimum Gasteiger partial charge on any atom is -0.355 e. The molecule has 27 heavy (non-hydrogen) atoms. The maximum absolute atomic E-state index is 12.5. The highest BCUT2D eigenvalue weighted by Crippen LogP contribution is 2.22. The van der Waals surface area contributed by atoms with Crippen LogP contribution in [0.5, 0.6) is 0 Å². The number of anilines is 2. The summed E-state index contributed by atoms with van der Waals surface area (Å²) in [5.74, 6) is 2.57. The third kappa shape index (κ3) is 3.99. The predicted octanol–water partition coefficient (Wildman–Crippen LogP) is 1.47. The fourth-order valence-corrected chi connectivity index (χ4v) is 3.60. The summed E-state index contributed by atoms with van der Waals surface area (Å²) in [6.07, 6.45) is 7.06. The molecule has 2 fully saturated rings. The van der Waals surface area contributed by atoms with E-state index >= 15 is 0 Å². The van der Waals surface area contributed by atoms with E-state index in [0.717, 1.165) is 43.7 Å². The van der Waals surface area contributed by atoms with Crippen molar-refractivity contribution in [3.63, 3.8) is 0 Å². The minimum absolute atomic E-state index is 0.0662. The number of hydrogen-bond acceptors (Lipinski definition) is 7. The SMILES string of the molecule is CC1CCN(c2ccc(N3CCN(C(=O)c4cnccn4)CC3)nn2)CC1. The standard InChI is InChI=1S/C19H25N7O/c1-15-4-8-24(9-5-15)17-2-3-18(23-22-17)25-10-12-26(13-11-25)19(27)16-14-20-6-7-21-16/h2-3,6-7,14-15H,4-5,8-13H2,1H3. The highest BCUT2D eigenvalue weighted by Gasteiger charge is 2.24. The van der Waals surface area contributed by atoms with Crippen LogP contribution in [0, 0.1) is 5.92 Å². The molecule has 1 amide bonds. The second-order valence-electron chi connectivity index (χ2n) is 7.29. The molecular formula is C19H25N7O. The normalized spacial score (nSPS) is 18.6. The molecule has 2 aliphatic heterocycles. The van der Waals surface area contributed by atoms with Crippen LogP contribution in [0.15, 0.2) is 30.7 Å². The molecule has 8 nitrogen and oxygen atoms in total. The van der Waals surface area contributed by atoms with Crippen molar-refractivity contribution in [3.05, 3.63) is 36.4 Å². The van der Waals surface area contributed by atoms with E-state index in [1.807, 2.05) is 11.0 Å². The third-order valence-electron chi connectivity index (χ3n) is 5.42. The number of amides is 1. The third-order valence-corrected chi connectivity index (χ3v) is 5.42. The van der Waals surface area contributed by atoms with Gasteiger partial charge in [0.05, 0.1) is 6.20 Å². The van der Waals surface area contributed by atoms with Crippen molar-refractivity contribution in [2.24, 2.45) is 5.92 Å². The molecule has 0 saturated carbocycles. The molecule has 142 valence electrons. The summed E-state index contributed by atoms with van der Waals surface area (Å²) in [4.78, 5) is 26.8. The molecule has 2 saturated heterocycles. The van der Waals surface area contributed by atoms with Crippen molar-refractivity contribution in [2.75, 3.05) is 49.1 Å². The topological polar surface area (TPSA) is 78.4 Å². The van der Waals surface area contributed by atoms with Crippen LogP contribution < -0.4 is 9.80 Å². The average Bonchev–Trinajstić information content (AvgIpc) is 2.75. The molecule has 0 bridgehead atoms. The number of hydrogen-bond donors (Lipinski definition) is 0. The first-order chi connectivity index (χ1) is 13.2. The monoisotopic (exact) mass is 367 g/mol. The predicted molar refractivity (Wildman–Crippen MR) is 103 cm³/mol. The lowest BCUT2D eigenvalue weighted by molar-refractivity contribution is 0.0740. The summed E-state index contributed by atoms with van der Waals surface area (Å²) in [5, 5.41) is 8.87. The van der Waals surface area contributed by atoms with Gasteiger partial charge in [0.1, 0.15) is 5.69 Å². The van der Waals surface area contributed by atoms with Crippen LogP contribution in [-0.4, -0.2) is 70.2 Å². The lowest BCUT2D eigenvalue weighted by Gasteiger charge is -2.35. The molecule has 2 aromatic rings. The van der Waals surface area contributed by atoms with E-state index in [4.69, 9.17) is 0 Å². The van der Waals surface area contributed by atoms with Gasteiger partial charge in [0.15, 0.2) is 11.6 Å². The van der Waals surface area contributed by atoms with Gasteiger partial charge in [0.2, 0.25) is 0 Å². The largest absolute Gasteiger partial charge is 0.355 e. The molecule has 0 N–H and O–H groups in total. The van der Waals surface area contributed by atoms with Crippen LogP contribution in [0.3, 0.4) is 0 Å². The number of carbonyl (C=O) groups excluding carboxylic acids is 1. The van der Waals surface area contributed by atoms with E-state index in [1.165, 1.54) is 19.0 Å². The Kier molecular flexibility index (Phi) is 5.13. The molecule has 0 aliphatic carbocycles. The molecule has 4 heterocycles. The Morgan fingerprint density at radius 1 is 0.926 bits per heavy atom. The number of piperazine rings is 1. The first-order valence-corrected chi connectivity index (χ1v) is 9.59. The van der Waals surface area contributed by atoms with E-state index in [-0.39, 0.29) is 5.91 Å². The summed E-state index contributed by atoms with van der Waals surface area (Å²) >= 11 is 0. The molecule has 0 spiro atoms. The van der Waals surface area contributed by atoms with Gasteiger partial charge in [-0.3, -0.25) is 9.78 Å². The Bertz CT molecular complexity index is 751. The van der Waals surface area contributed by atoms with Gasteiger partial charge in [-0.1, -0.05) is 6.92 Å². The Balaban J connectivity index is 1.34. The van der Waals surface area contributed by atoms with Gasteiger partial charge in [-0.05, 0) is 30.9 Å². The van der Waals surface area contributed by atoms with E-state index in [0.29, 0.717) is 18.8 Å². The maximum Gasteiger partial charge on any atom is 0.274 e. The van der Waals surface area contributed by atoms with Gasteiger partial charge in [-0.2, -0.15) is 0 Å². The van der Waals surface area contributed by atoms with Gasteiger partial charge in [-0.25, -0.2) is 4.98 Å². The van der Waals surface area contributed by atoms with Crippen LogP contribution in [0.1, 0.15) is 30.3 Å². The van der Waals surface area contributed by atoms with Gasteiger partial charge >= 0.3 is 0 Å². The quantitative estimate of drug-likeness (QED) is 0.813. The second-order valence-corrected chi connectivity index (χ2v) is 7.29. The van der Waals surface area contributed by atoms with E-state index in [2.05, 4.69) is 43.0 Å². The molecule has 4 rings (SSSR count). The Labute approximate surface area is 159 Å². The van der Waals surface area contributed by atoms with Gasteiger partial charge in [0, 0.05) is 51.7 Å². The van der Waals surface area contributed by atoms with Crippen molar-refractivity contribution in [1.29, 1.82) is 0 Å². The molecule has 0 radical (unpaired) electrons. The number of aromatic nitrogens is 4. The van der Waals surface area contributed by atoms with Gasteiger partial charge in [-0.15, -0.1) is 10.2 Å². The first kappa shape index (κ1) is 17.6. The number of carbonyl (C=O) groups is 1. The van der Waals surface area contributed by atoms with E-state index < -0.39 is 0 Å². The van der Waals surface area contributed by atoms with Crippen molar-refractivity contribution in [2.45, 2.75) is 19.8 Å². The van der Waals surface area contributed by atoms with Gasteiger partial charge < -0.3 is 14.7 Å². The minimum atomic E-state index is -0.0662. The zero-order chi connectivity index (χ0) is 18.6. The molecule has 0 atom stereocenters. The van der Waals surface area contributed by atoms with Crippen LogP contribution in [0.25, 0.3) is 0 Å². The zero-order valence-electron chi connectivity index (χ0n) is 15.7. The molecule has 2 aromatic heterocycles. The van der Waals surface area contributed by atoms with Crippen molar-refractivity contribution < 1.29 is 4.79 Å². The van der Waals surface area contributed by atoms with E-state index in [9.17, 15) is 4.79 Å². The Morgan fingerprint density at radius 2 is 1.56 bits per heavy atom. The maximum atomic E-state index is 12.5. The molecule has 2 aliphatic rings. The first-order valence-electron chi connectivity index (χ1n) is 9.59. The Hall–Kier alpha value is -2.77. The molecule has 0 aromatic carbocycles. The average molecular weight is 367 g/mol. The molecule has 0 unspecified atom stereocenters. The lowest BCUT2D eigenvalue weighted by atomic mass is 9.99. The van der Waals surface area contributed by atoms with Crippen LogP contribution in [-0.2, 0) is 0 Å². The smallest absolute Gasteiger partial charge is 0.274 e. The van der Waals surface area contributed by atoms with E-state index in [1.54, 1.807) is 12.4 Å². The number of piperidine rings is 1. The summed E-state index contributed by atoms with van der Waals surface area (Å²) in [5.41, 5.74) is 0.394. The van der Waals surface area contributed by atoms with Crippen molar-refractivity contribution >= 4 is 17.5 Å². The summed E-state index contributed by atoms with van der Waals surface area (Å²) in [6, 6.07) is 4.11. The second kappa shape index (κ2) is 7.85.